The van der Waals surface area contributed by atoms with E-state index in [1.54, 1.807) is 6.33 Å². The van der Waals surface area contributed by atoms with E-state index in [2.05, 4.69) is 31.2 Å². The molecule has 5 heterocycles. The van der Waals surface area contributed by atoms with E-state index in [4.69, 9.17) is 9.47 Å². The fourth-order valence-electron chi connectivity index (χ4n) is 5.69. The Kier molecular flexibility index (Phi) is 4.20. The van der Waals surface area contributed by atoms with E-state index < -0.39 is 0 Å². The highest BCUT2D eigenvalue weighted by atomic mass is 19.1. The molecule has 1 aromatic carbocycles. The largest absolute Gasteiger partial charge is 0.491 e. The number of H-pyrrole nitrogens is 1. The average Bonchev–Trinajstić information content (AvgIpc) is 3.20. The lowest BCUT2D eigenvalue weighted by Crippen LogP contribution is -2.48. The fourth-order valence-corrected chi connectivity index (χ4v) is 5.69. The summed E-state index contributed by atoms with van der Waals surface area (Å²) in [5, 5.41) is 4.73. The van der Waals surface area contributed by atoms with Crippen molar-refractivity contribution >= 4 is 16.9 Å². The van der Waals surface area contributed by atoms with Gasteiger partial charge in [0, 0.05) is 42.2 Å². The molecule has 2 N–H and O–H groups in total. The normalized spacial score (nSPS) is 29.7. The van der Waals surface area contributed by atoms with Crippen LogP contribution < -0.4 is 10.1 Å². The number of likely N-dealkylation sites (tertiary alicyclic amines) is 1. The Morgan fingerprint density at radius 2 is 1.91 bits per heavy atom. The van der Waals surface area contributed by atoms with Crippen LogP contribution in [0.15, 0.2) is 30.6 Å². The number of fused-ring (bicyclic) bond motifs is 3. The molecule has 0 radical (unpaired) electrons. The first-order valence-corrected chi connectivity index (χ1v) is 11.6. The highest BCUT2D eigenvalue weighted by Crippen LogP contribution is 2.43. The average molecular weight is 436 g/mol. The van der Waals surface area contributed by atoms with Crippen LogP contribution in [-0.2, 0) is 4.74 Å². The molecule has 3 aromatic rings. The minimum atomic E-state index is -0.280. The number of anilines is 1. The standard InChI is InChI=1S/C24H26FN5O2/c25-16-3-4-17-21(5-16)32-11-20(30-7-14-9-31-10-15(14)8-30)22(17)29-24-18-6-19(13-1-2-13)28-23(18)26-12-27-24/h3-6,12-15,20,22H,1-2,7-11H2,(H2,26,27,28,29)/t14-,15+,20-,22-/m1/s1. The van der Waals surface area contributed by atoms with Gasteiger partial charge in [-0.25, -0.2) is 14.4 Å². The number of nitrogens with zero attached hydrogens (tertiary/aromatic N) is 3. The van der Waals surface area contributed by atoms with E-state index in [-0.39, 0.29) is 17.9 Å². The first-order valence-electron chi connectivity index (χ1n) is 11.6. The van der Waals surface area contributed by atoms with Gasteiger partial charge < -0.3 is 19.8 Å². The van der Waals surface area contributed by atoms with E-state index >= 15 is 0 Å². The molecule has 2 aromatic heterocycles. The molecular weight excluding hydrogens is 409 g/mol. The summed E-state index contributed by atoms with van der Waals surface area (Å²) in [4.78, 5) is 15.0. The van der Waals surface area contributed by atoms with Crippen molar-refractivity contribution in [3.05, 3.63) is 47.7 Å². The topological polar surface area (TPSA) is 75.3 Å². The zero-order valence-corrected chi connectivity index (χ0v) is 17.8. The first kappa shape index (κ1) is 18.8. The van der Waals surface area contributed by atoms with Gasteiger partial charge in [-0.2, -0.15) is 0 Å². The smallest absolute Gasteiger partial charge is 0.143 e. The molecule has 7 nitrogen and oxygen atoms in total. The summed E-state index contributed by atoms with van der Waals surface area (Å²) in [6.45, 7) is 4.21. The molecule has 8 heteroatoms. The minimum absolute atomic E-state index is 0.0588. The molecule has 1 aliphatic carbocycles. The van der Waals surface area contributed by atoms with Gasteiger partial charge in [-0.1, -0.05) is 6.07 Å². The molecule has 2 saturated heterocycles. The Morgan fingerprint density at radius 1 is 1.06 bits per heavy atom. The highest BCUT2D eigenvalue weighted by molar-refractivity contribution is 5.88. The van der Waals surface area contributed by atoms with Gasteiger partial charge in [0.25, 0.3) is 0 Å². The molecule has 4 atom stereocenters. The molecule has 0 amide bonds. The molecule has 3 fully saturated rings. The predicted octanol–water partition coefficient (Wildman–Crippen LogP) is 3.47. The number of aromatic amines is 1. The molecule has 4 aliphatic rings. The number of hydrogen-bond donors (Lipinski definition) is 2. The van der Waals surface area contributed by atoms with Crippen LogP contribution in [0.4, 0.5) is 10.2 Å². The summed E-state index contributed by atoms with van der Waals surface area (Å²) in [6.07, 6.45) is 4.06. The minimum Gasteiger partial charge on any atom is -0.491 e. The monoisotopic (exact) mass is 435 g/mol. The second-order valence-electron chi connectivity index (χ2n) is 9.68. The predicted molar refractivity (Wildman–Crippen MR) is 117 cm³/mol. The summed E-state index contributed by atoms with van der Waals surface area (Å²) >= 11 is 0. The number of nitrogens with one attached hydrogen (secondary N) is 2. The fraction of sp³-hybridized carbons (Fsp3) is 0.500. The second-order valence-corrected chi connectivity index (χ2v) is 9.68. The summed E-state index contributed by atoms with van der Waals surface area (Å²) in [6, 6.07) is 7.11. The van der Waals surface area contributed by atoms with Gasteiger partial charge in [-0.05, 0) is 30.9 Å². The highest BCUT2D eigenvalue weighted by Gasteiger charge is 2.44. The van der Waals surface area contributed by atoms with Crippen LogP contribution in [0.25, 0.3) is 11.0 Å². The van der Waals surface area contributed by atoms with Crippen LogP contribution in [0.3, 0.4) is 0 Å². The number of halogens is 1. The molecule has 166 valence electrons. The van der Waals surface area contributed by atoms with Gasteiger partial charge in [0.2, 0.25) is 0 Å². The van der Waals surface area contributed by atoms with Crippen molar-refractivity contribution < 1.29 is 13.9 Å². The second kappa shape index (κ2) is 7.15. The number of ether oxygens (including phenoxy) is 2. The Morgan fingerprint density at radius 3 is 2.72 bits per heavy atom. The van der Waals surface area contributed by atoms with Crippen LogP contribution in [-0.4, -0.2) is 58.8 Å². The number of hydrogen-bond acceptors (Lipinski definition) is 6. The van der Waals surface area contributed by atoms with E-state index in [0.717, 1.165) is 48.7 Å². The maximum atomic E-state index is 13.9. The van der Waals surface area contributed by atoms with Crippen LogP contribution in [0.2, 0.25) is 0 Å². The Labute approximate surface area is 185 Å². The van der Waals surface area contributed by atoms with E-state index in [1.165, 1.54) is 30.7 Å². The number of rotatable bonds is 4. The van der Waals surface area contributed by atoms with Gasteiger partial charge in [0.15, 0.2) is 0 Å². The van der Waals surface area contributed by atoms with Gasteiger partial charge in [0.1, 0.15) is 36.0 Å². The summed E-state index contributed by atoms with van der Waals surface area (Å²) in [5.41, 5.74) is 3.07. The molecule has 32 heavy (non-hydrogen) atoms. The first-order chi connectivity index (χ1) is 15.7. The van der Waals surface area contributed by atoms with Gasteiger partial charge in [-0.3, -0.25) is 4.90 Å². The maximum Gasteiger partial charge on any atom is 0.143 e. The zero-order chi connectivity index (χ0) is 21.2. The van der Waals surface area contributed by atoms with Crippen molar-refractivity contribution in [1.29, 1.82) is 0 Å². The van der Waals surface area contributed by atoms with Gasteiger partial charge >= 0.3 is 0 Å². The number of benzene rings is 1. The van der Waals surface area contributed by atoms with Crippen LogP contribution in [0, 0.1) is 17.7 Å². The Balaban J connectivity index is 1.26. The van der Waals surface area contributed by atoms with Crippen molar-refractivity contribution in [2.24, 2.45) is 11.8 Å². The Hall–Kier alpha value is -2.71. The van der Waals surface area contributed by atoms with E-state index in [0.29, 0.717) is 30.1 Å². The third-order valence-electron chi connectivity index (χ3n) is 7.60. The summed E-state index contributed by atoms with van der Waals surface area (Å²) < 4.78 is 25.7. The number of aromatic nitrogens is 3. The molecule has 0 spiro atoms. The molecule has 0 bridgehead atoms. The SMILES string of the molecule is Fc1ccc2c(c1)OC[C@@H](N1C[C@H]3COC[C@H]3C1)[C@@H]2Nc1ncnc2[nH]c(C3CC3)cc12. The quantitative estimate of drug-likeness (QED) is 0.654. The van der Waals surface area contributed by atoms with Crippen LogP contribution in [0.1, 0.15) is 36.1 Å². The summed E-state index contributed by atoms with van der Waals surface area (Å²) in [5.74, 6) is 2.93. The lowest BCUT2D eigenvalue weighted by atomic mass is 9.94. The molecule has 3 aliphatic heterocycles. The van der Waals surface area contributed by atoms with Gasteiger partial charge in [0.05, 0.1) is 30.7 Å². The van der Waals surface area contributed by atoms with Gasteiger partial charge in [-0.15, -0.1) is 0 Å². The van der Waals surface area contributed by atoms with E-state index in [1.807, 2.05) is 6.07 Å². The zero-order valence-electron chi connectivity index (χ0n) is 17.8. The van der Waals surface area contributed by atoms with Crippen molar-refractivity contribution in [3.63, 3.8) is 0 Å². The molecular formula is C24H26FN5O2. The third kappa shape index (κ3) is 3.08. The van der Waals surface area contributed by atoms with Crippen molar-refractivity contribution in [2.75, 3.05) is 38.2 Å². The maximum absolute atomic E-state index is 13.9. The molecule has 7 rings (SSSR count). The van der Waals surface area contributed by atoms with Crippen molar-refractivity contribution in [1.82, 2.24) is 19.9 Å². The van der Waals surface area contributed by atoms with Crippen LogP contribution >= 0.6 is 0 Å². The van der Waals surface area contributed by atoms with Crippen LogP contribution in [0.5, 0.6) is 5.75 Å². The lowest BCUT2D eigenvalue weighted by Gasteiger charge is -2.40. The summed E-state index contributed by atoms with van der Waals surface area (Å²) in [7, 11) is 0. The third-order valence-corrected chi connectivity index (χ3v) is 7.60. The van der Waals surface area contributed by atoms with Crippen molar-refractivity contribution in [2.45, 2.75) is 30.8 Å². The molecule has 0 unspecified atom stereocenters. The van der Waals surface area contributed by atoms with E-state index in [9.17, 15) is 4.39 Å². The lowest BCUT2D eigenvalue weighted by molar-refractivity contribution is 0.0950. The molecule has 1 saturated carbocycles. The van der Waals surface area contributed by atoms with Crippen molar-refractivity contribution in [3.8, 4) is 5.75 Å². The Bertz CT molecular complexity index is 1170.